The first-order valence-electron chi connectivity index (χ1n) is 11.6. The number of nitrogens with zero attached hydrogens (tertiary/aromatic N) is 1. The number of benzene rings is 2. The van der Waals surface area contributed by atoms with Crippen LogP contribution in [0.4, 0.5) is 4.79 Å². The molecule has 0 heterocycles. The van der Waals surface area contributed by atoms with Crippen LogP contribution in [0.15, 0.2) is 48.5 Å². The lowest BCUT2D eigenvalue weighted by atomic mass is 9.98. The summed E-state index contributed by atoms with van der Waals surface area (Å²) in [6, 6.07) is 16.2. The number of carboxylic acids is 1. The van der Waals surface area contributed by atoms with Gasteiger partial charge in [0.05, 0.1) is 12.5 Å². The van der Waals surface area contributed by atoms with Crippen LogP contribution in [0.3, 0.4) is 0 Å². The number of hydrogen-bond acceptors (Lipinski definition) is 5. The van der Waals surface area contributed by atoms with Crippen molar-refractivity contribution in [2.75, 3.05) is 33.4 Å². The third-order valence-corrected chi connectivity index (χ3v) is 6.41. The molecule has 0 saturated heterocycles. The van der Waals surface area contributed by atoms with Gasteiger partial charge in [0, 0.05) is 26.1 Å². The summed E-state index contributed by atoms with van der Waals surface area (Å²) >= 11 is 0. The van der Waals surface area contributed by atoms with Crippen LogP contribution < -0.4 is 5.32 Å². The summed E-state index contributed by atoms with van der Waals surface area (Å²) in [5.74, 6) is -0.997. The van der Waals surface area contributed by atoms with E-state index in [1.165, 1.54) is 12.0 Å². The number of nitrogens with one attached hydrogen (secondary N) is 1. The minimum Gasteiger partial charge on any atom is -0.480 e. The van der Waals surface area contributed by atoms with E-state index in [0.717, 1.165) is 35.1 Å². The largest absolute Gasteiger partial charge is 0.480 e. The Labute approximate surface area is 198 Å². The number of hydrogen-bond donors (Lipinski definition) is 2. The highest BCUT2D eigenvalue weighted by Gasteiger charge is 2.30. The minimum absolute atomic E-state index is 0.0137. The third-order valence-electron chi connectivity index (χ3n) is 6.41. The Balaban J connectivity index is 1.28. The molecule has 0 bridgehead atoms. The summed E-state index contributed by atoms with van der Waals surface area (Å²) in [7, 11) is 1.46. The molecule has 2 amide bonds. The Morgan fingerprint density at radius 2 is 1.68 bits per heavy atom. The van der Waals surface area contributed by atoms with Crippen molar-refractivity contribution in [2.24, 2.45) is 5.92 Å². The first kappa shape index (κ1) is 23.8. The van der Waals surface area contributed by atoms with E-state index in [9.17, 15) is 14.4 Å². The van der Waals surface area contributed by atoms with Gasteiger partial charge in [-0.05, 0) is 41.0 Å². The van der Waals surface area contributed by atoms with Crippen LogP contribution in [0.1, 0.15) is 36.3 Å². The van der Waals surface area contributed by atoms with Crippen molar-refractivity contribution in [3.8, 4) is 11.1 Å². The zero-order valence-electron chi connectivity index (χ0n) is 19.2. The normalized spacial score (nSPS) is 15.2. The highest BCUT2D eigenvalue weighted by molar-refractivity contribution is 5.82. The second-order valence-electron chi connectivity index (χ2n) is 8.88. The van der Waals surface area contributed by atoms with Crippen LogP contribution in [0.2, 0.25) is 0 Å². The molecule has 0 spiro atoms. The van der Waals surface area contributed by atoms with Crippen LogP contribution >= 0.6 is 0 Å². The second kappa shape index (κ2) is 10.7. The van der Waals surface area contributed by atoms with Crippen molar-refractivity contribution < 1.29 is 29.0 Å². The van der Waals surface area contributed by atoms with E-state index in [1.807, 2.05) is 24.3 Å². The van der Waals surface area contributed by atoms with Gasteiger partial charge in [0.15, 0.2) is 0 Å². The summed E-state index contributed by atoms with van der Waals surface area (Å²) in [6.07, 6.45) is 0.848. The van der Waals surface area contributed by atoms with Gasteiger partial charge < -0.3 is 24.8 Å². The lowest BCUT2D eigenvalue weighted by Crippen LogP contribution is -2.41. The van der Waals surface area contributed by atoms with Gasteiger partial charge in [-0.3, -0.25) is 9.59 Å². The van der Waals surface area contributed by atoms with Gasteiger partial charge in [-0.2, -0.15) is 0 Å². The van der Waals surface area contributed by atoms with Gasteiger partial charge in [0.2, 0.25) is 5.91 Å². The molecule has 1 fully saturated rings. The summed E-state index contributed by atoms with van der Waals surface area (Å²) in [5.41, 5.74) is 4.57. The number of carboxylic acid groups (broad SMARTS) is 1. The molecular formula is C26H30N2O6. The average Bonchev–Trinajstić information content (AvgIpc) is 3.60. The molecule has 2 N–H and O–H groups in total. The fraction of sp³-hybridized carbons (Fsp3) is 0.423. The number of rotatable bonds is 11. The van der Waals surface area contributed by atoms with Gasteiger partial charge in [-0.25, -0.2) is 4.79 Å². The SMILES string of the molecule is COC(CNC(=O)OCC1c2ccccc2-c2ccccc21)CC(=O)N(CC(=O)O)CC1CC1. The van der Waals surface area contributed by atoms with Gasteiger partial charge >= 0.3 is 12.1 Å². The van der Waals surface area contributed by atoms with Crippen molar-refractivity contribution >= 4 is 18.0 Å². The van der Waals surface area contributed by atoms with Crippen LogP contribution in [-0.2, 0) is 19.1 Å². The number of carbonyl (C=O) groups excluding carboxylic acids is 2. The van der Waals surface area contributed by atoms with Crippen LogP contribution in [0.25, 0.3) is 11.1 Å². The van der Waals surface area contributed by atoms with E-state index in [2.05, 4.69) is 29.6 Å². The number of methoxy groups -OCH3 is 1. The topological polar surface area (TPSA) is 105 Å². The smallest absolute Gasteiger partial charge is 0.407 e. The van der Waals surface area contributed by atoms with Crippen LogP contribution in [0.5, 0.6) is 0 Å². The Morgan fingerprint density at radius 3 is 2.24 bits per heavy atom. The summed E-state index contributed by atoms with van der Waals surface area (Å²) in [4.78, 5) is 37.5. The molecule has 2 aliphatic carbocycles. The predicted octanol–water partition coefficient (Wildman–Crippen LogP) is 3.25. The number of carbonyl (C=O) groups is 3. The number of ether oxygens (including phenoxy) is 2. The van der Waals surface area contributed by atoms with E-state index in [-0.39, 0.29) is 37.9 Å². The number of amides is 2. The maximum absolute atomic E-state index is 12.6. The van der Waals surface area contributed by atoms with Gasteiger partial charge in [-0.1, -0.05) is 48.5 Å². The van der Waals surface area contributed by atoms with Crippen molar-refractivity contribution in [1.29, 1.82) is 0 Å². The Morgan fingerprint density at radius 1 is 1.06 bits per heavy atom. The van der Waals surface area contributed by atoms with Gasteiger partial charge in [0.1, 0.15) is 13.2 Å². The predicted molar refractivity (Wildman–Crippen MR) is 125 cm³/mol. The molecule has 0 aromatic heterocycles. The first-order chi connectivity index (χ1) is 16.5. The quantitative estimate of drug-likeness (QED) is 0.527. The van der Waals surface area contributed by atoms with Crippen LogP contribution in [0, 0.1) is 5.92 Å². The molecule has 8 nitrogen and oxygen atoms in total. The standard InChI is InChI=1S/C26H30N2O6/c1-33-18(12-24(29)28(15-25(30)31)14-17-10-11-17)13-27-26(32)34-16-23-21-8-4-2-6-19(21)20-7-3-5-9-22(20)23/h2-9,17-18,23H,10-16H2,1H3,(H,27,32)(H,30,31). The average molecular weight is 467 g/mol. The fourth-order valence-corrected chi connectivity index (χ4v) is 4.44. The monoisotopic (exact) mass is 466 g/mol. The molecule has 0 radical (unpaired) electrons. The number of fused-ring (bicyclic) bond motifs is 3. The van der Waals surface area contributed by atoms with Gasteiger partial charge in [-0.15, -0.1) is 0 Å². The molecule has 180 valence electrons. The summed E-state index contributed by atoms with van der Waals surface area (Å²) in [6.45, 7) is 0.403. The van der Waals surface area contributed by atoms with E-state index in [1.54, 1.807) is 0 Å². The second-order valence-corrected chi connectivity index (χ2v) is 8.88. The molecule has 1 unspecified atom stereocenters. The summed E-state index contributed by atoms with van der Waals surface area (Å²) in [5, 5.41) is 11.8. The Kier molecular flexibility index (Phi) is 7.47. The maximum Gasteiger partial charge on any atom is 0.407 e. The molecule has 0 aliphatic heterocycles. The van der Waals surface area contributed by atoms with E-state index in [0.29, 0.717) is 12.5 Å². The van der Waals surface area contributed by atoms with Crippen molar-refractivity contribution in [1.82, 2.24) is 10.2 Å². The highest BCUT2D eigenvalue weighted by Crippen LogP contribution is 2.44. The van der Waals surface area contributed by atoms with Gasteiger partial charge in [0.25, 0.3) is 0 Å². The molecule has 2 aromatic carbocycles. The zero-order valence-corrected chi connectivity index (χ0v) is 19.2. The molecule has 4 rings (SSSR count). The molecule has 2 aliphatic rings. The third kappa shape index (κ3) is 5.75. The maximum atomic E-state index is 12.6. The van der Waals surface area contributed by atoms with Crippen molar-refractivity contribution in [3.05, 3.63) is 59.7 Å². The highest BCUT2D eigenvalue weighted by atomic mass is 16.5. The Hall–Kier alpha value is -3.39. The van der Waals surface area contributed by atoms with E-state index in [4.69, 9.17) is 14.6 Å². The molecule has 34 heavy (non-hydrogen) atoms. The van der Waals surface area contributed by atoms with Crippen molar-refractivity contribution in [2.45, 2.75) is 31.3 Å². The first-order valence-corrected chi connectivity index (χ1v) is 11.6. The zero-order chi connectivity index (χ0) is 24.1. The summed E-state index contributed by atoms with van der Waals surface area (Å²) < 4.78 is 10.9. The molecule has 1 saturated carbocycles. The lowest BCUT2D eigenvalue weighted by molar-refractivity contribution is -0.145. The van der Waals surface area contributed by atoms with E-state index < -0.39 is 18.2 Å². The molecule has 2 aromatic rings. The molecule has 8 heteroatoms. The minimum atomic E-state index is -1.04. The number of aliphatic carboxylic acids is 1. The lowest BCUT2D eigenvalue weighted by Gasteiger charge is -2.23. The fourth-order valence-electron chi connectivity index (χ4n) is 4.44. The molecule has 1 atom stereocenters. The van der Waals surface area contributed by atoms with Crippen molar-refractivity contribution in [3.63, 3.8) is 0 Å². The Bertz CT molecular complexity index is 1010. The molecular weight excluding hydrogens is 436 g/mol. The van der Waals surface area contributed by atoms with Crippen LogP contribution in [-0.4, -0.2) is 67.4 Å². The number of alkyl carbamates (subject to hydrolysis) is 1. The van der Waals surface area contributed by atoms with E-state index >= 15 is 0 Å².